The zero-order valence-corrected chi connectivity index (χ0v) is 14.8. The van der Waals surface area contributed by atoms with Crippen LogP contribution < -0.4 is 5.32 Å². The van der Waals surface area contributed by atoms with Gasteiger partial charge in [0.05, 0.1) is 22.9 Å². The molecule has 0 atom stereocenters. The molecule has 8 nitrogen and oxygen atoms in total. The van der Waals surface area contributed by atoms with Crippen LogP contribution in [0.5, 0.6) is 0 Å². The molecular weight excluding hydrogens is 328 g/mol. The molecule has 8 heteroatoms. The third-order valence-electron chi connectivity index (χ3n) is 5.21. The lowest BCUT2D eigenvalue weighted by atomic mass is 10.2. The van der Waals surface area contributed by atoms with Gasteiger partial charge in [0, 0.05) is 13.1 Å². The molecule has 4 aromatic rings. The Morgan fingerprint density at radius 1 is 1.12 bits per heavy atom. The molecule has 1 aliphatic carbocycles. The van der Waals surface area contributed by atoms with E-state index in [-0.39, 0.29) is 0 Å². The monoisotopic (exact) mass is 348 g/mol. The second-order valence-electron chi connectivity index (χ2n) is 6.92. The van der Waals surface area contributed by atoms with Gasteiger partial charge in [0.25, 0.3) is 0 Å². The topological polar surface area (TPSA) is 86.3 Å². The van der Waals surface area contributed by atoms with Crippen molar-refractivity contribution in [2.24, 2.45) is 7.05 Å². The number of fused-ring (bicyclic) bond motifs is 2. The second kappa shape index (κ2) is 5.76. The summed E-state index contributed by atoms with van der Waals surface area (Å²) in [6.45, 7) is 2.00. The molecule has 1 aromatic carbocycles. The normalized spacial score (nSPS) is 15.3. The molecule has 1 saturated carbocycles. The van der Waals surface area contributed by atoms with Gasteiger partial charge in [-0.15, -0.1) is 5.10 Å². The van der Waals surface area contributed by atoms with Crippen LogP contribution in [0.3, 0.4) is 0 Å². The molecule has 0 bridgehead atoms. The third-order valence-corrected chi connectivity index (χ3v) is 5.21. The van der Waals surface area contributed by atoms with Gasteiger partial charge in [0.1, 0.15) is 5.82 Å². The molecule has 3 aromatic heterocycles. The number of nitrogens with zero attached hydrogens (tertiary/aromatic N) is 7. The van der Waals surface area contributed by atoms with Gasteiger partial charge in [-0.25, -0.2) is 9.97 Å². The summed E-state index contributed by atoms with van der Waals surface area (Å²) < 4.78 is 3.82. The summed E-state index contributed by atoms with van der Waals surface area (Å²) in [6.07, 6.45) is 6.61. The molecule has 1 fully saturated rings. The van der Waals surface area contributed by atoms with Gasteiger partial charge >= 0.3 is 0 Å². The van der Waals surface area contributed by atoms with Gasteiger partial charge in [-0.1, -0.05) is 18.1 Å². The van der Waals surface area contributed by atoms with Crippen LogP contribution in [0.1, 0.15) is 31.5 Å². The quantitative estimate of drug-likeness (QED) is 0.613. The lowest BCUT2D eigenvalue weighted by Crippen LogP contribution is -2.16. The van der Waals surface area contributed by atoms with E-state index in [0.717, 1.165) is 22.5 Å². The van der Waals surface area contributed by atoms with Crippen LogP contribution in [-0.2, 0) is 7.05 Å². The maximum Gasteiger partial charge on any atom is 0.225 e. The van der Waals surface area contributed by atoms with Crippen LogP contribution in [0.2, 0.25) is 0 Å². The number of hydrogen-bond acceptors (Lipinski definition) is 6. The highest BCUT2D eigenvalue weighted by Crippen LogP contribution is 2.23. The number of anilines is 1. The predicted octanol–water partition coefficient (Wildman–Crippen LogP) is 2.76. The van der Waals surface area contributed by atoms with E-state index in [1.807, 2.05) is 26.1 Å². The van der Waals surface area contributed by atoms with Crippen molar-refractivity contribution in [3.8, 4) is 5.69 Å². The molecule has 0 amide bonds. The highest BCUT2D eigenvalue weighted by Gasteiger charge is 2.17. The highest BCUT2D eigenvalue weighted by molar-refractivity contribution is 5.80. The Morgan fingerprint density at radius 3 is 2.81 bits per heavy atom. The fourth-order valence-corrected chi connectivity index (χ4v) is 3.66. The van der Waals surface area contributed by atoms with Crippen molar-refractivity contribution >= 4 is 28.1 Å². The van der Waals surface area contributed by atoms with Crippen molar-refractivity contribution in [3.63, 3.8) is 0 Å². The second-order valence-corrected chi connectivity index (χ2v) is 6.92. The van der Waals surface area contributed by atoms with Crippen molar-refractivity contribution in [3.05, 3.63) is 30.2 Å². The van der Waals surface area contributed by atoms with Crippen LogP contribution in [-0.4, -0.2) is 40.6 Å². The lowest BCUT2D eigenvalue weighted by Gasteiger charge is -2.11. The first-order valence-corrected chi connectivity index (χ1v) is 8.97. The van der Waals surface area contributed by atoms with Gasteiger partial charge in [-0.05, 0) is 38.0 Å². The molecule has 1 N–H and O–H groups in total. The number of rotatable bonds is 3. The summed E-state index contributed by atoms with van der Waals surface area (Å²) in [5.41, 5.74) is 4.30. The van der Waals surface area contributed by atoms with Crippen molar-refractivity contribution < 1.29 is 0 Å². The minimum Gasteiger partial charge on any atom is -0.351 e. The van der Waals surface area contributed by atoms with E-state index in [0.29, 0.717) is 23.2 Å². The van der Waals surface area contributed by atoms with E-state index in [1.54, 1.807) is 10.9 Å². The van der Waals surface area contributed by atoms with E-state index in [4.69, 9.17) is 0 Å². The standard InChI is InChI=1S/C18H20N8/c1-11-20-14-9-13(7-8-16(14)25(11)2)26-17-15(23-24-26)10-19-18(22-17)21-12-5-3-4-6-12/h7-10,12H,3-6H2,1-2H3,(H,19,21,22). The fraction of sp³-hybridized carbons (Fsp3) is 0.389. The largest absolute Gasteiger partial charge is 0.351 e. The van der Waals surface area contributed by atoms with E-state index in [9.17, 15) is 0 Å². The van der Waals surface area contributed by atoms with Gasteiger partial charge < -0.3 is 9.88 Å². The van der Waals surface area contributed by atoms with Crippen molar-refractivity contribution in [2.75, 3.05) is 5.32 Å². The average molecular weight is 348 g/mol. The van der Waals surface area contributed by atoms with E-state index in [1.165, 1.54) is 25.7 Å². The molecule has 3 heterocycles. The molecule has 132 valence electrons. The number of benzene rings is 1. The zero-order chi connectivity index (χ0) is 17.7. The first-order chi connectivity index (χ1) is 12.7. The van der Waals surface area contributed by atoms with Crippen LogP contribution in [0.15, 0.2) is 24.4 Å². The highest BCUT2D eigenvalue weighted by atomic mass is 15.4. The third kappa shape index (κ3) is 2.40. The maximum atomic E-state index is 4.67. The molecule has 26 heavy (non-hydrogen) atoms. The van der Waals surface area contributed by atoms with Crippen molar-refractivity contribution in [1.82, 2.24) is 34.5 Å². The molecule has 0 radical (unpaired) electrons. The van der Waals surface area contributed by atoms with Crippen LogP contribution in [0.25, 0.3) is 27.9 Å². The Hall–Kier alpha value is -3.03. The van der Waals surface area contributed by atoms with Crippen molar-refractivity contribution in [2.45, 2.75) is 38.6 Å². The summed E-state index contributed by atoms with van der Waals surface area (Å²) in [6, 6.07) is 6.55. The molecular formula is C18H20N8. The zero-order valence-electron chi connectivity index (χ0n) is 14.8. The molecule has 0 spiro atoms. The Bertz CT molecular complexity index is 1100. The number of imidazole rings is 1. The first-order valence-electron chi connectivity index (χ1n) is 8.97. The van der Waals surface area contributed by atoms with Crippen LogP contribution in [0, 0.1) is 6.92 Å². The summed E-state index contributed by atoms with van der Waals surface area (Å²) in [5, 5.41) is 11.9. The number of aromatic nitrogens is 7. The van der Waals surface area contributed by atoms with Gasteiger partial charge in [-0.3, -0.25) is 0 Å². The van der Waals surface area contributed by atoms with E-state index in [2.05, 4.69) is 41.2 Å². The Morgan fingerprint density at radius 2 is 1.96 bits per heavy atom. The molecule has 0 aliphatic heterocycles. The van der Waals surface area contributed by atoms with E-state index < -0.39 is 0 Å². The minimum atomic E-state index is 0.463. The van der Waals surface area contributed by atoms with Crippen LogP contribution >= 0.6 is 0 Å². The summed E-state index contributed by atoms with van der Waals surface area (Å²) in [4.78, 5) is 13.7. The van der Waals surface area contributed by atoms with Gasteiger partial charge in [0.2, 0.25) is 5.95 Å². The summed E-state index contributed by atoms with van der Waals surface area (Å²) >= 11 is 0. The lowest BCUT2D eigenvalue weighted by molar-refractivity contribution is 0.744. The Labute approximate surface area is 150 Å². The Balaban J connectivity index is 1.57. The Kier molecular flexibility index (Phi) is 3.37. The molecule has 0 unspecified atom stereocenters. The fourth-order valence-electron chi connectivity index (χ4n) is 3.66. The SMILES string of the molecule is Cc1nc2cc(-n3nnc4cnc(NC5CCCC5)nc43)ccc2n1C. The van der Waals surface area contributed by atoms with Crippen LogP contribution in [0.4, 0.5) is 5.95 Å². The van der Waals surface area contributed by atoms with Crippen molar-refractivity contribution in [1.29, 1.82) is 0 Å². The first kappa shape index (κ1) is 15.2. The molecule has 5 rings (SSSR count). The van der Waals surface area contributed by atoms with E-state index >= 15 is 0 Å². The molecule has 0 saturated heterocycles. The predicted molar refractivity (Wildman–Crippen MR) is 99.3 cm³/mol. The summed E-state index contributed by atoms with van der Waals surface area (Å²) in [7, 11) is 2.02. The summed E-state index contributed by atoms with van der Waals surface area (Å²) in [5.74, 6) is 1.62. The average Bonchev–Trinajstić information content (AvgIpc) is 3.35. The minimum absolute atomic E-state index is 0.463. The smallest absolute Gasteiger partial charge is 0.225 e. The number of hydrogen-bond donors (Lipinski definition) is 1. The number of aryl methyl sites for hydroxylation is 2. The number of nitrogens with one attached hydrogen (secondary N) is 1. The maximum absolute atomic E-state index is 4.67. The molecule has 1 aliphatic rings. The van der Waals surface area contributed by atoms with Gasteiger partial charge in [-0.2, -0.15) is 9.67 Å². The van der Waals surface area contributed by atoms with Gasteiger partial charge in [0.15, 0.2) is 11.2 Å².